The number of aliphatic hydroxyl groups is 1. The molecule has 0 aliphatic carbocycles. The topological polar surface area (TPSA) is 32.3 Å². The zero-order valence-corrected chi connectivity index (χ0v) is 6.21. The van der Waals surface area contributed by atoms with Gasteiger partial charge < -0.3 is 10.4 Å². The second kappa shape index (κ2) is 3.74. The highest BCUT2D eigenvalue weighted by atomic mass is 16.3. The van der Waals surface area contributed by atoms with Crippen molar-refractivity contribution in [1.82, 2.24) is 5.32 Å². The van der Waals surface area contributed by atoms with Crippen molar-refractivity contribution in [2.75, 3.05) is 13.2 Å². The molecule has 0 saturated carbocycles. The number of aliphatic hydroxyl groups excluding tert-OH is 1. The summed E-state index contributed by atoms with van der Waals surface area (Å²) in [6.45, 7) is 5.05. The smallest absolute Gasteiger partial charge is 0.0460 e. The molecular formula is C8H15NO. The fourth-order valence-corrected chi connectivity index (χ4v) is 1.38. The van der Waals surface area contributed by atoms with Gasteiger partial charge >= 0.3 is 0 Å². The van der Waals surface area contributed by atoms with Crippen molar-refractivity contribution in [1.29, 1.82) is 0 Å². The van der Waals surface area contributed by atoms with Crippen molar-refractivity contribution in [3.05, 3.63) is 12.7 Å². The molecule has 10 heavy (non-hydrogen) atoms. The maximum Gasteiger partial charge on any atom is 0.0460 e. The fraction of sp³-hybridized carbons (Fsp3) is 0.750. The SMILES string of the molecule is C=CC1CC(CO)CCN1. The third-order valence-corrected chi connectivity index (χ3v) is 2.09. The number of piperidine rings is 1. The Balaban J connectivity index is 2.31. The van der Waals surface area contributed by atoms with Crippen LogP contribution in [0.15, 0.2) is 12.7 Å². The standard InChI is InChI=1S/C8H15NO/c1-2-8-5-7(6-10)3-4-9-8/h2,7-10H,1,3-6H2. The van der Waals surface area contributed by atoms with E-state index in [1.165, 1.54) is 0 Å². The number of hydrogen-bond donors (Lipinski definition) is 2. The average molecular weight is 141 g/mol. The fourth-order valence-electron chi connectivity index (χ4n) is 1.38. The first-order valence-corrected chi connectivity index (χ1v) is 3.83. The maximum atomic E-state index is 8.84. The van der Waals surface area contributed by atoms with E-state index in [0.29, 0.717) is 18.6 Å². The van der Waals surface area contributed by atoms with Gasteiger partial charge in [0.05, 0.1) is 0 Å². The lowest BCUT2D eigenvalue weighted by Crippen LogP contribution is -2.37. The minimum Gasteiger partial charge on any atom is -0.396 e. The Hall–Kier alpha value is -0.340. The Morgan fingerprint density at radius 2 is 2.50 bits per heavy atom. The summed E-state index contributed by atoms with van der Waals surface area (Å²) < 4.78 is 0. The quantitative estimate of drug-likeness (QED) is 0.550. The predicted molar refractivity (Wildman–Crippen MR) is 41.8 cm³/mol. The Bertz CT molecular complexity index is 114. The highest BCUT2D eigenvalue weighted by molar-refractivity contribution is 4.90. The van der Waals surface area contributed by atoms with Crippen molar-refractivity contribution >= 4 is 0 Å². The van der Waals surface area contributed by atoms with Crippen LogP contribution in [0.3, 0.4) is 0 Å². The van der Waals surface area contributed by atoms with Gasteiger partial charge in [-0.2, -0.15) is 0 Å². The lowest BCUT2D eigenvalue weighted by molar-refractivity contribution is 0.185. The molecule has 0 spiro atoms. The number of hydrogen-bond acceptors (Lipinski definition) is 2. The summed E-state index contributed by atoms with van der Waals surface area (Å²) in [5, 5.41) is 12.1. The molecule has 0 amide bonds. The summed E-state index contributed by atoms with van der Waals surface area (Å²) in [5.41, 5.74) is 0. The van der Waals surface area contributed by atoms with Crippen LogP contribution in [-0.4, -0.2) is 24.3 Å². The molecule has 0 aromatic heterocycles. The maximum absolute atomic E-state index is 8.84. The van der Waals surface area contributed by atoms with Crippen molar-refractivity contribution in [3.63, 3.8) is 0 Å². The molecule has 1 fully saturated rings. The molecule has 1 aliphatic heterocycles. The highest BCUT2D eigenvalue weighted by Gasteiger charge is 2.17. The van der Waals surface area contributed by atoms with Gasteiger partial charge in [-0.15, -0.1) is 6.58 Å². The molecular weight excluding hydrogens is 126 g/mol. The Labute approximate surface area is 61.9 Å². The molecule has 0 aromatic rings. The van der Waals surface area contributed by atoms with E-state index in [1.807, 2.05) is 6.08 Å². The highest BCUT2D eigenvalue weighted by Crippen LogP contribution is 2.15. The van der Waals surface area contributed by atoms with Gasteiger partial charge in [0, 0.05) is 12.6 Å². The van der Waals surface area contributed by atoms with Crippen molar-refractivity contribution in [3.8, 4) is 0 Å². The van der Waals surface area contributed by atoms with Gasteiger partial charge in [-0.25, -0.2) is 0 Å². The van der Waals surface area contributed by atoms with E-state index in [1.54, 1.807) is 0 Å². The predicted octanol–water partition coefficient (Wildman–Crippen LogP) is 0.533. The molecule has 58 valence electrons. The summed E-state index contributed by atoms with van der Waals surface area (Å²) in [7, 11) is 0. The van der Waals surface area contributed by atoms with Crippen LogP contribution in [0.1, 0.15) is 12.8 Å². The molecule has 1 saturated heterocycles. The van der Waals surface area contributed by atoms with E-state index in [4.69, 9.17) is 5.11 Å². The van der Waals surface area contributed by atoms with E-state index in [0.717, 1.165) is 19.4 Å². The Morgan fingerprint density at radius 3 is 3.10 bits per heavy atom. The number of nitrogens with one attached hydrogen (secondary N) is 1. The molecule has 0 radical (unpaired) electrons. The van der Waals surface area contributed by atoms with Crippen LogP contribution in [0.25, 0.3) is 0 Å². The van der Waals surface area contributed by atoms with Crippen LogP contribution in [0.4, 0.5) is 0 Å². The number of rotatable bonds is 2. The minimum atomic E-state index is 0.325. The summed E-state index contributed by atoms with van der Waals surface area (Å²) in [6.07, 6.45) is 4.06. The van der Waals surface area contributed by atoms with Crippen LogP contribution in [0, 0.1) is 5.92 Å². The first-order chi connectivity index (χ1) is 4.86. The molecule has 1 heterocycles. The second-order valence-electron chi connectivity index (χ2n) is 2.87. The molecule has 0 bridgehead atoms. The van der Waals surface area contributed by atoms with E-state index in [2.05, 4.69) is 11.9 Å². The van der Waals surface area contributed by atoms with Crippen molar-refractivity contribution in [2.24, 2.45) is 5.92 Å². The van der Waals surface area contributed by atoms with E-state index in [-0.39, 0.29) is 0 Å². The normalized spacial score (nSPS) is 33.7. The van der Waals surface area contributed by atoms with E-state index in [9.17, 15) is 0 Å². The first kappa shape index (κ1) is 7.76. The molecule has 1 aliphatic rings. The van der Waals surface area contributed by atoms with Gasteiger partial charge in [0.15, 0.2) is 0 Å². The van der Waals surface area contributed by atoms with Gasteiger partial charge in [0.25, 0.3) is 0 Å². The summed E-state index contributed by atoms with van der Waals surface area (Å²) >= 11 is 0. The molecule has 1 rings (SSSR count). The third-order valence-electron chi connectivity index (χ3n) is 2.09. The molecule has 2 nitrogen and oxygen atoms in total. The molecule has 2 unspecified atom stereocenters. The Morgan fingerprint density at radius 1 is 1.70 bits per heavy atom. The zero-order valence-electron chi connectivity index (χ0n) is 6.21. The largest absolute Gasteiger partial charge is 0.396 e. The van der Waals surface area contributed by atoms with Crippen LogP contribution >= 0.6 is 0 Å². The van der Waals surface area contributed by atoms with Gasteiger partial charge in [0.2, 0.25) is 0 Å². The zero-order chi connectivity index (χ0) is 7.40. The van der Waals surface area contributed by atoms with Crippen LogP contribution in [0.5, 0.6) is 0 Å². The minimum absolute atomic E-state index is 0.325. The summed E-state index contributed by atoms with van der Waals surface area (Å²) in [6, 6.07) is 0.422. The monoisotopic (exact) mass is 141 g/mol. The first-order valence-electron chi connectivity index (χ1n) is 3.83. The van der Waals surface area contributed by atoms with Gasteiger partial charge in [-0.3, -0.25) is 0 Å². The second-order valence-corrected chi connectivity index (χ2v) is 2.87. The van der Waals surface area contributed by atoms with Crippen molar-refractivity contribution in [2.45, 2.75) is 18.9 Å². The van der Waals surface area contributed by atoms with Crippen molar-refractivity contribution < 1.29 is 5.11 Å². The molecule has 2 N–H and O–H groups in total. The average Bonchev–Trinajstić information content (AvgIpc) is 2.05. The van der Waals surface area contributed by atoms with E-state index < -0.39 is 0 Å². The lowest BCUT2D eigenvalue weighted by Gasteiger charge is -2.26. The van der Waals surface area contributed by atoms with Gasteiger partial charge in [0.1, 0.15) is 0 Å². The Kier molecular flexibility index (Phi) is 2.90. The van der Waals surface area contributed by atoms with Crippen LogP contribution in [0.2, 0.25) is 0 Å². The lowest BCUT2D eigenvalue weighted by atomic mass is 9.93. The third kappa shape index (κ3) is 1.82. The van der Waals surface area contributed by atoms with Gasteiger partial charge in [-0.1, -0.05) is 6.08 Å². The van der Waals surface area contributed by atoms with Crippen LogP contribution in [-0.2, 0) is 0 Å². The van der Waals surface area contributed by atoms with Gasteiger partial charge in [-0.05, 0) is 25.3 Å². The molecule has 0 aromatic carbocycles. The van der Waals surface area contributed by atoms with E-state index >= 15 is 0 Å². The van der Waals surface area contributed by atoms with Crippen LogP contribution < -0.4 is 5.32 Å². The molecule has 2 heteroatoms. The summed E-state index contributed by atoms with van der Waals surface area (Å²) in [4.78, 5) is 0. The summed E-state index contributed by atoms with van der Waals surface area (Å²) in [5.74, 6) is 0.490. The molecule has 2 atom stereocenters.